The summed E-state index contributed by atoms with van der Waals surface area (Å²) >= 11 is 13.2. The number of halogens is 2. The van der Waals surface area contributed by atoms with E-state index in [0.717, 1.165) is 36.8 Å². The Hall–Kier alpha value is -0.970. The second-order valence-corrected chi connectivity index (χ2v) is 9.98. The third-order valence-electron chi connectivity index (χ3n) is 7.54. The van der Waals surface area contributed by atoms with Crippen LogP contribution in [0.15, 0.2) is 6.07 Å². The van der Waals surface area contributed by atoms with Gasteiger partial charge in [-0.3, -0.25) is 4.79 Å². The van der Waals surface area contributed by atoms with Crippen molar-refractivity contribution in [2.75, 3.05) is 0 Å². The lowest BCUT2D eigenvalue weighted by Gasteiger charge is -2.39. The normalized spacial score (nSPS) is 31.5. The van der Waals surface area contributed by atoms with Crippen molar-refractivity contribution in [3.63, 3.8) is 0 Å². The van der Waals surface area contributed by atoms with Crippen LogP contribution in [0.25, 0.3) is 0 Å². The average Bonchev–Trinajstić information content (AvgIpc) is 3.27. The summed E-state index contributed by atoms with van der Waals surface area (Å²) < 4.78 is 6.02. The Balaban J connectivity index is 1.61. The van der Waals surface area contributed by atoms with Crippen LogP contribution in [-0.2, 0) is 11.2 Å². The number of carbonyl (C=O) groups is 1. The van der Waals surface area contributed by atoms with Gasteiger partial charge in [0.25, 0.3) is 0 Å². The summed E-state index contributed by atoms with van der Waals surface area (Å²) in [4.78, 5) is 11.0. The number of rotatable bonds is 7. The number of hydrogen-bond acceptors (Lipinski definition) is 3. The Morgan fingerprint density at radius 2 is 1.93 bits per heavy atom. The Labute approximate surface area is 182 Å². The highest BCUT2D eigenvalue weighted by Crippen LogP contribution is 2.60. The number of aliphatic hydroxyl groups is 1. The lowest BCUT2D eigenvalue weighted by Crippen LogP contribution is -2.38. The molecule has 2 unspecified atom stereocenters. The van der Waals surface area contributed by atoms with E-state index >= 15 is 0 Å². The molecule has 1 aromatic carbocycles. The molecule has 1 aromatic rings. The Morgan fingerprint density at radius 1 is 1.24 bits per heavy atom. The predicted octanol–water partition coefficient (Wildman–Crippen LogP) is 6.19. The molecule has 4 nitrogen and oxygen atoms in total. The largest absolute Gasteiger partial charge is 0.489 e. The second-order valence-electron chi connectivity index (χ2n) is 9.22. The van der Waals surface area contributed by atoms with Gasteiger partial charge in [0.2, 0.25) is 0 Å². The van der Waals surface area contributed by atoms with Crippen molar-refractivity contribution in [3.05, 3.63) is 27.2 Å². The van der Waals surface area contributed by atoms with E-state index in [1.165, 1.54) is 25.7 Å². The topological polar surface area (TPSA) is 66.8 Å². The summed E-state index contributed by atoms with van der Waals surface area (Å²) in [5.41, 5.74) is 1.66. The molecule has 0 heterocycles. The number of fused-ring (bicyclic) bond motifs is 1. The number of unbranched alkanes of at least 4 members (excludes halogenated alkanes) is 1. The second kappa shape index (κ2) is 8.28. The molecule has 2 saturated carbocycles. The molecule has 6 heteroatoms. The van der Waals surface area contributed by atoms with Crippen LogP contribution in [0.2, 0.25) is 10.0 Å². The fraction of sp³-hybridized carbons (Fsp3) is 0.696. The van der Waals surface area contributed by atoms with Crippen molar-refractivity contribution in [2.45, 2.75) is 83.3 Å². The van der Waals surface area contributed by atoms with Gasteiger partial charge in [-0.15, -0.1) is 0 Å². The van der Waals surface area contributed by atoms with Gasteiger partial charge in [0.15, 0.2) is 0 Å². The van der Waals surface area contributed by atoms with Crippen LogP contribution in [0.5, 0.6) is 5.75 Å². The molecule has 0 radical (unpaired) electrons. The van der Waals surface area contributed by atoms with Gasteiger partial charge in [-0.2, -0.15) is 0 Å². The van der Waals surface area contributed by atoms with E-state index in [2.05, 4.69) is 6.92 Å². The third-order valence-corrected chi connectivity index (χ3v) is 8.40. The zero-order valence-corrected chi connectivity index (χ0v) is 18.4. The van der Waals surface area contributed by atoms with Crippen molar-refractivity contribution in [2.24, 2.45) is 17.3 Å². The smallest absolute Gasteiger partial charge is 0.306 e. The molecule has 0 saturated heterocycles. The van der Waals surface area contributed by atoms with Crippen molar-refractivity contribution in [1.29, 1.82) is 0 Å². The fourth-order valence-electron chi connectivity index (χ4n) is 5.78. The van der Waals surface area contributed by atoms with Crippen LogP contribution in [0, 0.1) is 17.3 Å². The summed E-state index contributed by atoms with van der Waals surface area (Å²) in [5.74, 6) is -0.0781. The minimum absolute atomic E-state index is 0.145. The highest BCUT2D eigenvalue weighted by Gasteiger charge is 2.51. The van der Waals surface area contributed by atoms with E-state index in [-0.39, 0.29) is 17.4 Å². The molecule has 0 aromatic heterocycles. The standard InChI is InChI=1S/C23H30Cl2O4/c1-2-3-8-23(15-6-4-5-7-15)12-14-11-17(19(24)20(25)18(14)21(23)26)29-16-9-13(10-16)22(27)28/h11,13,15-16,21,26H,2-10,12H2,1H3,(H,27,28). The lowest BCUT2D eigenvalue weighted by atomic mass is 9.67. The molecule has 29 heavy (non-hydrogen) atoms. The van der Waals surface area contributed by atoms with E-state index in [9.17, 15) is 9.90 Å². The van der Waals surface area contributed by atoms with E-state index in [1.54, 1.807) is 0 Å². The molecule has 2 N–H and O–H groups in total. The predicted molar refractivity (Wildman–Crippen MR) is 114 cm³/mol. The summed E-state index contributed by atoms with van der Waals surface area (Å²) in [6, 6.07) is 1.95. The zero-order chi connectivity index (χ0) is 20.8. The first-order valence-electron chi connectivity index (χ1n) is 11.0. The Bertz CT molecular complexity index is 784. The molecular weight excluding hydrogens is 411 g/mol. The molecular formula is C23H30Cl2O4. The first-order chi connectivity index (χ1) is 13.9. The van der Waals surface area contributed by atoms with Crippen molar-refractivity contribution >= 4 is 29.2 Å². The number of carboxylic acids is 1. The van der Waals surface area contributed by atoms with Crippen molar-refractivity contribution in [3.8, 4) is 5.75 Å². The molecule has 4 rings (SSSR count). The van der Waals surface area contributed by atoms with E-state index in [4.69, 9.17) is 33.0 Å². The maximum Gasteiger partial charge on any atom is 0.306 e. The molecule has 3 aliphatic carbocycles. The van der Waals surface area contributed by atoms with E-state index < -0.39 is 12.1 Å². The van der Waals surface area contributed by atoms with Crippen molar-refractivity contribution in [1.82, 2.24) is 0 Å². The molecule has 0 bridgehead atoms. The maximum atomic E-state index is 11.5. The highest BCUT2D eigenvalue weighted by molar-refractivity contribution is 6.43. The summed E-state index contributed by atoms with van der Waals surface area (Å²) in [6.07, 6.45) is 9.05. The highest BCUT2D eigenvalue weighted by atomic mass is 35.5. The SMILES string of the molecule is CCCCC1(C2CCCC2)Cc2cc(OC3CC(C(=O)O)C3)c(Cl)c(Cl)c2C1O. The minimum atomic E-state index is -0.775. The molecule has 0 aliphatic heterocycles. The lowest BCUT2D eigenvalue weighted by molar-refractivity contribution is -0.147. The number of carboxylic acid groups (broad SMARTS) is 1. The van der Waals surface area contributed by atoms with Crippen LogP contribution < -0.4 is 4.74 Å². The summed E-state index contributed by atoms with van der Waals surface area (Å²) in [6.45, 7) is 2.19. The first-order valence-corrected chi connectivity index (χ1v) is 11.7. The summed E-state index contributed by atoms with van der Waals surface area (Å²) in [7, 11) is 0. The van der Waals surface area contributed by atoms with Crippen LogP contribution in [-0.4, -0.2) is 22.3 Å². The summed E-state index contributed by atoms with van der Waals surface area (Å²) in [5, 5.41) is 21.3. The van der Waals surface area contributed by atoms with Gasteiger partial charge in [0.05, 0.1) is 17.0 Å². The Morgan fingerprint density at radius 3 is 2.55 bits per heavy atom. The quantitative estimate of drug-likeness (QED) is 0.529. The zero-order valence-electron chi connectivity index (χ0n) is 16.9. The minimum Gasteiger partial charge on any atom is -0.489 e. The average molecular weight is 441 g/mol. The van der Waals surface area contributed by atoms with Gasteiger partial charge in [0.1, 0.15) is 16.9 Å². The fourth-order valence-corrected chi connectivity index (χ4v) is 6.30. The van der Waals surface area contributed by atoms with Crippen LogP contribution in [0.3, 0.4) is 0 Å². The molecule has 3 aliphatic rings. The first kappa shape index (κ1) is 21.3. The van der Waals surface area contributed by atoms with Crippen molar-refractivity contribution < 1.29 is 19.7 Å². The number of hydrogen-bond donors (Lipinski definition) is 2. The number of ether oxygens (including phenoxy) is 1. The van der Waals surface area contributed by atoms with Gasteiger partial charge in [-0.25, -0.2) is 0 Å². The third kappa shape index (κ3) is 3.66. The van der Waals surface area contributed by atoms with Crippen LogP contribution in [0.4, 0.5) is 0 Å². The van der Waals surface area contributed by atoms with Gasteiger partial charge in [0, 0.05) is 11.0 Å². The number of benzene rings is 1. The van der Waals surface area contributed by atoms with Gasteiger partial charge < -0.3 is 14.9 Å². The molecule has 2 fully saturated rings. The van der Waals surface area contributed by atoms with E-state index in [1.807, 2.05) is 6.07 Å². The molecule has 0 spiro atoms. The molecule has 160 valence electrons. The Kier molecular flexibility index (Phi) is 6.07. The molecule has 2 atom stereocenters. The maximum absolute atomic E-state index is 11.5. The van der Waals surface area contributed by atoms with Crippen LogP contribution >= 0.6 is 23.2 Å². The monoisotopic (exact) mass is 440 g/mol. The van der Waals surface area contributed by atoms with E-state index in [0.29, 0.717) is 34.6 Å². The van der Waals surface area contributed by atoms with Gasteiger partial charge >= 0.3 is 5.97 Å². The van der Waals surface area contributed by atoms with Crippen LogP contribution in [0.1, 0.15) is 81.9 Å². The van der Waals surface area contributed by atoms with Gasteiger partial charge in [-0.1, -0.05) is 55.8 Å². The van der Waals surface area contributed by atoms with Gasteiger partial charge in [-0.05, 0) is 56.1 Å². The molecule has 0 amide bonds. The number of aliphatic hydroxyl groups excluding tert-OH is 1. The number of aliphatic carboxylic acids is 1.